The maximum atomic E-state index is 5.52. The Hall–Kier alpha value is -0.770. The zero-order chi connectivity index (χ0) is 9.31. The summed E-state index contributed by atoms with van der Waals surface area (Å²) in [6.07, 6.45) is 2.30. The molecule has 2 aliphatic rings. The second-order valence-electron chi connectivity index (χ2n) is 3.99. The van der Waals surface area contributed by atoms with E-state index < -0.39 is 0 Å². The van der Waals surface area contributed by atoms with Gasteiger partial charge in [0.1, 0.15) is 12.1 Å². The van der Waals surface area contributed by atoms with Gasteiger partial charge in [-0.2, -0.15) is 0 Å². The summed E-state index contributed by atoms with van der Waals surface area (Å²) >= 11 is 0. The first-order valence-corrected chi connectivity index (χ1v) is 4.95. The van der Waals surface area contributed by atoms with Crippen LogP contribution < -0.4 is 5.73 Å². The topological polar surface area (TPSA) is 50.9 Å². The molecule has 2 N–H and O–H groups in total. The van der Waals surface area contributed by atoms with E-state index in [0.717, 1.165) is 26.1 Å². The van der Waals surface area contributed by atoms with Gasteiger partial charge in [0.15, 0.2) is 0 Å². The van der Waals surface area contributed by atoms with Crippen LogP contribution in [0.2, 0.25) is 0 Å². The highest BCUT2D eigenvalue weighted by atomic mass is 16.5. The van der Waals surface area contributed by atoms with E-state index in [0.29, 0.717) is 12.6 Å². The summed E-state index contributed by atoms with van der Waals surface area (Å²) in [6.45, 7) is 6.19. The third-order valence-electron chi connectivity index (χ3n) is 2.79. The number of aliphatic imine (C=N–C) groups is 1. The Morgan fingerprint density at radius 1 is 1.69 bits per heavy atom. The predicted octanol–water partition coefficient (Wildman–Crippen LogP) is 0.186. The fourth-order valence-corrected chi connectivity index (χ4v) is 2.16. The first kappa shape index (κ1) is 8.81. The highest BCUT2D eigenvalue weighted by Crippen LogP contribution is 2.29. The summed E-state index contributed by atoms with van der Waals surface area (Å²) in [6, 6.07) is 0.373. The summed E-state index contributed by atoms with van der Waals surface area (Å²) in [7, 11) is 0. The number of hydrogen-bond acceptors (Lipinski definition) is 4. The van der Waals surface area contributed by atoms with Gasteiger partial charge in [-0.25, -0.2) is 4.99 Å². The smallest absolute Gasteiger partial charge is 0.282 e. The number of ether oxygens (including phenoxy) is 1. The molecule has 2 heterocycles. The lowest BCUT2D eigenvalue weighted by Gasteiger charge is -2.18. The largest absolute Gasteiger partial charge is 0.463 e. The zero-order valence-electron chi connectivity index (χ0n) is 8.12. The van der Waals surface area contributed by atoms with Crippen LogP contribution in [0.5, 0.6) is 0 Å². The number of likely N-dealkylation sites (tertiary alicyclic amines) is 1. The minimum absolute atomic E-state index is 0.000741. The van der Waals surface area contributed by atoms with Gasteiger partial charge in [0.25, 0.3) is 6.02 Å². The fraction of sp³-hybridized carbons (Fsp3) is 0.889. The Bertz CT molecular complexity index is 229. The summed E-state index contributed by atoms with van der Waals surface area (Å²) in [5.41, 5.74) is 5.52. The van der Waals surface area contributed by atoms with Gasteiger partial charge >= 0.3 is 0 Å². The molecular formula is C9H17N3O. The zero-order valence-corrected chi connectivity index (χ0v) is 8.12. The van der Waals surface area contributed by atoms with E-state index in [1.165, 1.54) is 6.42 Å². The maximum Gasteiger partial charge on any atom is 0.282 e. The number of nitrogens with zero attached hydrogens (tertiary/aromatic N) is 2. The van der Waals surface area contributed by atoms with Gasteiger partial charge in [-0.15, -0.1) is 0 Å². The molecule has 74 valence electrons. The Morgan fingerprint density at radius 2 is 2.54 bits per heavy atom. The van der Waals surface area contributed by atoms with Crippen molar-refractivity contribution >= 4 is 6.02 Å². The normalized spacial score (nSPS) is 33.8. The van der Waals surface area contributed by atoms with Gasteiger partial charge in [-0.1, -0.05) is 6.92 Å². The van der Waals surface area contributed by atoms with Crippen molar-refractivity contribution in [3.63, 3.8) is 0 Å². The fourth-order valence-electron chi connectivity index (χ4n) is 2.16. The van der Waals surface area contributed by atoms with Gasteiger partial charge in [0.05, 0.1) is 0 Å². The molecule has 1 atom stereocenters. The minimum atomic E-state index is -0.000741. The molecule has 1 fully saturated rings. The van der Waals surface area contributed by atoms with Crippen LogP contribution in [0, 0.1) is 0 Å². The van der Waals surface area contributed by atoms with Gasteiger partial charge < -0.3 is 15.4 Å². The lowest BCUT2D eigenvalue weighted by atomic mass is 10.0. The molecule has 1 saturated heterocycles. The van der Waals surface area contributed by atoms with E-state index in [4.69, 9.17) is 10.5 Å². The SMILES string of the molecule is CCCN1CCC2(COC(N)=N2)C1. The molecule has 0 aromatic rings. The molecule has 1 unspecified atom stereocenters. The third-order valence-corrected chi connectivity index (χ3v) is 2.79. The maximum absolute atomic E-state index is 5.52. The van der Waals surface area contributed by atoms with Crippen molar-refractivity contribution in [3.8, 4) is 0 Å². The van der Waals surface area contributed by atoms with Crippen LogP contribution in [0.4, 0.5) is 0 Å². The predicted molar refractivity (Wildman–Crippen MR) is 51.7 cm³/mol. The van der Waals surface area contributed by atoms with Crippen molar-refractivity contribution in [1.29, 1.82) is 0 Å². The summed E-state index contributed by atoms with van der Waals surface area (Å²) in [5, 5.41) is 0. The summed E-state index contributed by atoms with van der Waals surface area (Å²) < 4.78 is 5.22. The Balaban J connectivity index is 1.97. The van der Waals surface area contributed by atoms with Crippen molar-refractivity contribution < 1.29 is 4.74 Å². The minimum Gasteiger partial charge on any atom is -0.463 e. The molecular weight excluding hydrogens is 166 g/mol. The quantitative estimate of drug-likeness (QED) is 0.664. The molecule has 0 bridgehead atoms. The Morgan fingerprint density at radius 3 is 3.15 bits per heavy atom. The lowest BCUT2D eigenvalue weighted by molar-refractivity contribution is 0.242. The Labute approximate surface area is 78.8 Å². The van der Waals surface area contributed by atoms with Gasteiger partial charge in [-0.3, -0.25) is 0 Å². The summed E-state index contributed by atoms with van der Waals surface area (Å²) in [4.78, 5) is 6.82. The Kier molecular flexibility index (Phi) is 2.15. The monoisotopic (exact) mass is 183 g/mol. The van der Waals surface area contributed by atoms with Crippen LogP contribution in [0.3, 0.4) is 0 Å². The second kappa shape index (κ2) is 3.18. The van der Waals surface area contributed by atoms with Crippen LogP contribution in [0.15, 0.2) is 4.99 Å². The average molecular weight is 183 g/mol. The van der Waals surface area contributed by atoms with Crippen molar-refractivity contribution in [3.05, 3.63) is 0 Å². The molecule has 0 amide bonds. The average Bonchev–Trinajstić information content (AvgIpc) is 2.62. The molecule has 0 saturated carbocycles. The van der Waals surface area contributed by atoms with Crippen molar-refractivity contribution in [2.75, 3.05) is 26.2 Å². The third kappa shape index (κ3) is 1.63. The van der Waals surface area contributed by atoms with Gasteiger partial charge in [-0.05, 0) is 19.4 Å². The number of hydrogen-bond donors (Lipinski definition) is 1. The lowest BCUT2D eigenvalue weighted by Crippen LogP contribution is -2.33. The highest BCUT2D eigenvalue weighted by molar-refractivity contribution is 5.73. The number of nitrogens with two attached hydrogens (primary N) is 1. The highest BCUT2D eigenvalue weighted by Gasteiger charge is 2.42. The molecule has 0 aromatic carbocycles. The first-order valence-electron chi connectivity index (χ1n) is 4.95. The standard InChI is InChI=1S/C9H17N3O/c1-2-4-12-5-3-9(6-12)7-13-8(10)11-9/h2-7H2,1H3,(H2,10,11). The van der Waals surface area contributed by atoms with E-state index in [-0.39, 0.29) is 5.54 Å². The molecule has 4 heteroatoms. The molecule has 4 nitrogen and oxygen atoms in total. The number of rotatable bonds is 2. The number of amidine groups is 1. The second-order valence-corrected chi connectivity index (χ2v) is 3.99. The molecule has 0 aliphatic carbocycles. The van der Waals surface area contributed by atoms with E-state index >= 15 is 0 Å². The molecule has 13 heavy (non-hydrogen) atoms. The van der Waals surface area contributed by atoms with Gasteiger partial charge in [0.2, 0.25) is 0 Å². The van der Waals surface area contributed by atoms with Crippen LogP contribution in [-0.4, -0.2) is 42.7 Å². The van der Waals surface area contributed by atoms with E-state index in [1.54, 1.807) is 0 Å². The van der Waals surface area contributed by atoms with E-state index in [2.05, 4.69) is 16.8 Å². The molecule has 1 spiro atoms. The van der Waals surface area contributed by atoms with Crippen molar-refractivity contribution in [1.82, 2.24) is 4.90 Å². The van der Waals surface area contributed by atoms with Crippen LogP contribution in [0.1, 0.15) is 19.8 Å². The molecule has 2 aliphatic heterocycles. The molecule has 0 radical (unpaired) electrons. The molecule has 2 rings (SSSR count). The van der Waals surface area contributed by atoms with Crippen molar-refractivity contribution in [2.45, 2.75) is 25.3 Å². The van der Waals surface area contributed by atoms with Gasteiger partial charge in [0, 0.05) is 13.1 Å². The first-order chi connectivity index (χ1) is 6.24. The van der Waals surface area contributed by atoms with E-state index in [1.807, 2.05) is 0 Å². The van der Waals surface area contributed by atoms with Crippen LogP contribution in [0.25, 0.3) is 0 Å². The molecule has 0 aromatic heterocycles. The van der Waals surface area contributed by atoms with Crippen LogP contribution in [-0.2, 0) is 4.74 Å². The van der Waals surface area contributed by atoms with Crippen molar-refractivity contribution in [2.24, 2.45) is 10.7 Å². The van der Waals surface area contributed by atoms with E-state index in [9.17, 15) is 0 Å². The summed E-state index contributed by atoms with van der Waals surface area (Å²) in [5.74, 6) is 0. The van der Waals surface area contributed by atoms with Crippen LogP contribution >= 0.6 is 0 Å².